The number of aliphatic hydroxyl groups excluding tert-OH is 1. The molecule has 1 N–H and O–H groups in total. The molecule has 1 atom stereocenters. The van der Waals surface area contributed by atoms with Crippen LogP contribution >= 0.6 is 11.6 Å². The summed E-state index contributed by atoms with van der Waals surface area (Å²) in [6, 6.07) is 0. The number of rotatable bonds is 6. The van der Waals surface area contributed by atoms with E-state index in [0.717, 1.165) is 25.7 Å². The van der Waals surface area contributed by atoms with Gasteiger partial charge in [-0.15, -0.1) is 0 Å². The molecule has 6 heteroatoms. The van der Waals surface area contributed by atoms with Gasteiger partial charge in [-0.1, -0.05) is 30.9 Å². The van der Waals surface area contributed by atoms with E-state index >= 15 is 0 Å². The Labute approximate surface area is 123 Å². The minimum absolute atomic E-state index is 0.0399. The number of hydrogen-bond donors (Lipinski definition) is 1. The number of carbonyl (C=O) groups is 1. The van der Waals surface area contributed by atoms with Crippen molar-refractivity contribution in [1.29, 1.82) is 0 Å². The number of nitrogens with zero attached hydrogens (tertiary/aromatic N) is 2. The summed E-state index contributed by atoms with van der Waals surface area (Å²) in [6.45, 7) is 0.888. The first kappa shape index (κ1) is 15.5. The molecule has 1 aromatic rings. The van der Waals surface area contributed by atoms with Crippen molar-refractivity contribution in [3.05, 3.63) is 16.9 Å². The summed E-state index contributed by atoms with van der Waals surface area (Å²) in [5.41, 5.74) is 0.293. The van der Waals surface area contributed by atoms with Crippen LogP contribution in [0.15, 0.2) is 6.20 Å². The van der Waals surface area contributed by atoms with Crippen molar-refractivity contribution in [2.45, 2.75) is 44.8 Å². The number of carbonyl (C=O) groups excluding carboxylic acids is 1. The van der Waals surface area contributed by atoms with Crippen molar-refractivity contribution in [3.8, 4) is 0 Å². The molecular weight excluding hydrogens is 280 g/mol. The number of Topliss-reactive ketones (excluding diaryl/α,β-unsaturated/α-hetero) is 1. The van der Waals surface area contributed by atoms with Crippen molar-refractivity contribution in [1.82, 2.24) is 9.78 Å². The van der Waals surface area contributed by atoms with Crippen LogP contribution in [0.4, 0.5) is 0 Å². The molecule has 1 unspecified atom stereocenters. The van der Waals surface area contributed by atoms with E-state index in [1.165, 1.54) is 17.3 Å². The highest BCUT2D eigenvalue weighted by molar-refractivity contribution is 6.33. The van der Waals surface area contributed by atoms with E-state index in [-0.39, 0.29) is 11.7 Å². The molecule has 0 bridgehead atoms. The number of methoxy groups -OCH3 is 1. The lowest BCUT2D eigenvalue weighted by Crippen LogP contribution is -2.33. The number of halogens is 1. The second-order valence-electron chi connectivity index (χ2n) is 5.26. The van der Waals surface area contributed by atoms with E-state index in [1.807, 2.05) is 0 Å². The molecule has 20 heavy (non-hydrogen) atoms. The smallest absolute Gasteiger partial charge is 0.211 e. The van der Waals surface area contributed by atoms with Gasteiger partial charge in [0.05, 0.1) is 24.4 Å². The summed E-state index contributed by atoms with van der Waals surface area (Å²) in [4.78, 5) is 12.5. The van der Waals surface area contributed by atoms with E-state index in [2.05, 4.69) is 5.10 Å². The Balaban J connectivity index is 2.12. The molecular formula is C14H21ClN2O3. The third kappa shape index (κ3) is 3.40. The fraction of sp³-hybridized carbons (Fsp3) is 0.714. The fourth-order valence-electron chi connectivity index (χ4n) is 2.76. The zero-order valence-electron chi connectivity index (χ0n) is 11.7. The Morgan fingerprint density at radius 1 is 1.55 bits per heavy atom. The van der Waals surface area contributed by atoms with Gasteiger partial charge in [-0.3, -0.25) is 9.48 Å². The van der Waals surface area contributed by atoms with Crippen molar-refractivity contribution in [2.24, 2.45) is 5.92 Å². The van der Waals surface area contributed by atoms with Crippen LogP contribution in [0, 0.1) is 5.92 Å². The van der Waals surface area contributed by atoms with Crippen molar-refractivity contribution in [2.75, 3.05) is 13.7 Å². The van der Waals surface area contributed by atoms with E-state index in [0.29, 0.717) is 23.9 Å². The van der Waals surface area contributed by atoms with Crippen LogP contribution in [0.1, 0.15) is 42.6 Å². The summed E-state index contributed by atoms with van der Waals surface area (Å²) in [7, 11) is 1.59. The van der Waals surface area contributed by atoms with Gasteiger partial charge >= 0.3 is 0 Å². The maximum atomic E-state index is 12.5. The molecule has 0 aliphatic heterocycles. The maximum absolute atomic E-state index is 12.5. The highest BCUT2D eigenvalue weighted by atomic mass is 35.5. The molecule has 2 rings (SSSR count). The minimum Gasteiger partial charge on any atom is -0.385 e. The lowest BCUT2D eigenvalue weighted by Gasteiger charge is -2.25. The largest absolute Gasteiger partial charge is 0.385 e. The summed E-state index contributed by atoms with van der Waals surface area (Å²) in [6.07, 6.45) is 5.60. The number of aliphatic hydroxyl groups is 1. The predicted molar refractivity (Wildman–Crippen MR) is 76.0 cm³/mol. The van der Waals surface area contributed by atoms with Gasteiger partial charge in [-0.2, -0.15) is 5.10 Å². The third-order valence-corrected chi connectivity index (χ3v) is 4.18. The molecule has 1 saturated carbocycles. The first-order valence-electron chi connectivity index (χ1n) is 7.07. The van der Waals surface area contributed by atoms with E-state index in [4.69, 9.17) is 16.3 Å². The maximum Gasteiger partial charge on any atom is 0.211 e. The molecule has 0 amide bonds. The second kappa shape index (κ2) is 7.20. The molecule has 5 nitrogen and oxygen atoms in total. The molecule has 1 fully saturated rings. The third-order valence-electron chi connectivity index (χ3n) is 3.90. The zero-order chi connectivity index (χ0) is 14.5. The van der Waals surface area contributed by atoms with E-state index in [1.54, 1.807) is 7.11 Å². The second-order valence-corrected chi connectivity index (χ2v) is 5.67. The van der Waals surface area contributed by atoms with Crippen molar-refractivity contribution in [3.63, 3.8) is 0 Å². The Morgan fingerprint density at radius 2 is 2.25 bits per heavy atom. The number of ketones is 1. The van der Waals surface area contributed by atoms with Gasteiger partial charge in [-0.25, -0.2) is 0 Å². The van der Waals surface area contributed by atoms with Gasteiger partial charge in [0.15, 0.2) is 0 Å². The summed E-state index contributed by atoms with van der Waals surface area (Å²) >= 11 is 6.05. The molecule has 0 saturated heterocycles. The Bertz CT molecular complexity index is 455. The van der Waals surface area contributed by atoms with Crippen LogP contribution in [0.25, 0.3) is 0 Å². The first-order valence-corrected chi connectivity index (χ1v) is 7.45. The summed E-state index contributed by atoms with van der Waals surface area (Å²) < 4.78 is 6.50. The van der Waals surface area contributed by atoms with Crippen LogP contribution in [-0.4, -0.2) is 40.5 Å². The zero-order valence-corrected chi connectivity index (χ0v) is 12.5. The number of hydrogen-bond acceptors (Lipinski definition) is 4. The Kier molecular flexibility index (Phi) is 5.57. The molecule has 1 aliphatic rings. The molecule has 1 aliphatic carbocycles. The minimum atomic E-state index is -0.981. The van der Waals surface area contributed by atoms with Gasteiger partial charge in [0.1, 0.15) is 11.8 Å². The lowest BCUT2D eigenvalue weighted by atomic mass is 9.83. The molecule has 0 aromatic carbocycles. The Hall–Kier alpha value is -0.910. The fourth-order valence-corrected chi connectivity index (χ4v) is 2.99. The standard InChI is InChI=1S/C14H21ClN2O3/c1-20-8-7-17-12(11(15)9-16-17)14(19)13(18)10-5-3-2-4-6-10/h9-10,13,18H,2-8H2,1H3. The lowest BCUT2D eigenvalue weighted by molar-refractivity contribution is 0.0522. The first-order chi connectivity index (χ1) is 9.65. The van der Waals surface area contributed by atoms with Crippen LogP contribution in [0.2, 0.25) is 5.02 Å². The molecule has 1 aromatic heterocycles. The highest BCUT2D eigenvalue weighted by Gasteiger charge is 2.31. The van der Waals surface area contributed by atoms with Crippen LogP contribution < -0.4 is 0 Å². The monoisotopic (exact) mass is 300 g/mol. The quantitative estimate of drug-likeness (QED) is 0.819. The van der Waals surface area contributed by atoms with Crippen molar-refractivity contribution >= 4 is 17.4 Å². The van der Waals surface area contributed by atoms with Gasteiger partial charge in [0.25, 0.3) is 0 Å². The van der Waals surface area contributed by atoms with Crippen molar-refractivity contribution < 1.29 is 14.6 Å². The van der Waals surface area contributed by atoms with Gasteiger partial charge in [0, 0.05) is 7.11 Å². The molecule has 1 heterocycles. The average molecular weight is 301 g/mol. The number of ether oxygens (including phenoxy) is 1. The topological polar surface area (TPSA) is 64.4 Å². The van der Waals surface area contributed by atoms with Gasteiger partial charge in [0.2, 0.25) is 5.78 Å². The average Bonchev–Trinajstić information content (AvgIpc) is 2.85. The van der Waals surface area contributed by atoms with E-state index < -0.39 is 6.10 Å². The molecule has 112 valence electrons. The summed E-state index contributed by atoms with van der Waals surface area (Å²) in [5.74, 6) is -0.284. The van der Waals surface area contributed by atoms with E-state index in [9.17, 15) is 9.90 Å². The predicted octanol–water partition coefficient (Wildman–Crippen LogP) is 2.31. The van der Waals surface area contributed by atoms with Crippen LogP contribution in [-0.2, 0) is 11.3 Å². The van der Waals surface area contributed by atoms with Gasteiger partial charge in [-0.05, 0) is 18.8 Å². The SMILES string of the molecule is COCCn1ncc(Cl)c1C(=O)C(O)C1CCCCC1. The summed E-state index contributed by atoms with van der Waals surface area (Å²) in [5, 5.41) is 14.7. The number of aromatic nitrogens is 2. The highest BCUT2D eigenvalue weighted by Crippen LogP contribution is 2.29. The van der Waals surface area contributed by atoms with Gasteiger partial charge < -0.3 is 9.84 Å². The Morgan fingerprint density at radius 3 is 2.90 bits per heavy atom. The van der Waals surface area contributed by atoms with Crippen LogP contribution in [0.5, 0.6) is 0 Å². The normalized spacial score (nSPS) is 18.1. The molecule has 0 radical (unpaired) electrons. The van der Waals surface area contributed by atoms with Crippen LogP contribution in [0.3, 0.4) is 0 Å². The molecule has 0 spiro atoms.